The number of ether oxygens (including phenoxy) is 1. The standard InChI is InChI=1S/C16H20BrNO/c1-12(2)11-18-7-8-19-16-6-4-13-9-15(17)5-3-14(13)10-16/h3-6,9-10,12,18H,7-8,11H2,1-2H3. The monoisotopic (exact) mass is 321 g/mol. The summed E-state index contributed by atoms with van der Waals surface area (Å²) in [6.45, 7) is 7.03. The topological polar surface area (TPSA) is 21.3 Å². The minimum atomic E-state index is 0.680. The molecular weight excluding hydrogens is 302 g/mol. The molecule has 0 saturated carbocycles. The molecule has 0 spiro atoms. The lowest BCUT2D eigenvalue weighted by molar-refractivity contribution is 0.311. The molecule has 0 aliphatic rings. The summed E-state index contributed by atoms with van der Waals surface area (Å²) in [5, 5.41) is 5.79. The summed E-state index contributed by atoms with van der Waals surface area (Å²) >= 11 is 3.48. The molecule has 2 nitrogen and oxygen atoms in total. The first-order valence-corrected chi connectivity index (χ1v) is 7.47. The lowest BCUT2D eigenvalue weighted by atomic mass is 10.1. The number of rotatable bonds is 6. The van der Waals surface area contributed by atoms with Gasteiger partial charge in [0.2, 0.25) is 0 Å². The zero-order valence-corrected chi connectivity index (χ0v) is 13.0. The average Bonchev–Trinajstić information content (AvgIpc) is 2.38. The first-order chi connectivity index (χ1) is 9.15. The van der Waals surface area contributed by atoms with E-state index in [4.69, 9.17) is 4.74 Å². The van der Waals surface area contributed by atoms with Crippen molar-refractivity contribution in [2.45, 2.75) is 13.8 Å². The Morgan fingerprint density at radius 3 is 2.63 bits per heavy atom. The first kappa shape index (κ1) is 14.4. The van der Waals surface area contributed by atoms with Crippen LogP contribution in [0, 0.1) is 5.92 Å². The summed E-state index contributed by atoms with van der Waals surface area (Å²) < 4.78 is 6.86. The van der Waals surface area contributed by atoms with Gasteiger partial charge in [0.1, 0.15) is 12.4 Å². The van der Waals surface area contributed by atoms with E-state index in [-0.39, 0.29) is 0 Å². The molecule has 0 saturated heterocycles. The summed E-state index contributed by atoms with van der Waals surface area (Å²) in [5.41, 5.74) is 0. The van der Waals surface area contributed by atoms with Gasteiger partial charge < -0.3 is 10.1 Å². The third-order valence-corrected chi connectivity index (χ3v) is 3.37. The van der Waals surface area contributed by atoms with Gasteiger partial charge in [-0.05, 0) is 47.5 Å². The van der Waals surface area contributed by atoms with Crippen LogP contribution < -0.4 is 10.1 Å². The van der Waals surface area contributed by atoms with Gasteiger partial charge in [-0.2, -0.15) is 0 Å². The van der Waals surface area contributed by atoms with Gasteiger partial charge in [-0.1, -0.05) is 41.9 Å². The Hall–Kier alpha value is -1.06. The van der Waals surface area contributed by atoms with Gasteiger partial charge in [-0.3, -0.25) is 0 Å². The third kappa shape index (κ3) is 4.51. The lowest BCUT2D eigenvalue weighted by Gasteiger charge is -2.10. The van der Waals surface area contributed by atoms with E-state index in [1.54, 1.807) is 0 Å². The van der Waals surface area contributed by atoms with Crippen LogP contribution >= 0.6 is 15.9 Å². The molecule has 1 N–H and O–H groups in total. The SMILES string of the molecule is CC(C)CNCCOc1ccc2cc(Br)ccc2c1. The average molecular weight is 322 g/mol. The number of hydrogen-bond acceptors (Lipinski definition) is 2. The number of halogens is 1. The number of benzene rings is 2. The van der Waals surface area contributed by atoms with E-state index in [1.807, 2.05) is 6.07 Å². The maximum Gasteiger partial charge on any atom is 0.120 e. The molecule has 0 amide bonds. The van der Waals surface area contributed by atoms with Crippen LogP contribution in [-0.2, 0) is 0 Å². The van der Waals surface area contributed by atoms with Crippen LogP contribution in [0.1, 0.15) is 13.8 Å². The molecule has 0 aliphatic carbocycles. The lowest BCUT2D eigenvalue weighted by Crippen LogP contribution is -2.24. The van der Waals surface area contributed by atoms with Gasteiger partial charge in [0, 0.05) is 11.0 Å². The Kier molecular flexibility index (Phi) is 5.23. The van der Waals surface area contributed by atoms with E-state index in [0.29, 0.717) is 12.5 Å². The highest BCUT2D eigenvalue weighted by atomic mass is 79.9. The summed E-state index contributed by atoms with van der Waals surface area (Å²) in [5.74, 6) is 1.61. The van der Waals surface area contributed by atoms with Crippen molar-refractivity contribution in [3.8, 4) is 5.75 Å². The Morgan fingerprint density at radius 1 is 1.11 bits per heavy atom. The highest BCUT2D eigenvalue weighted by molar-refractivity contribution is 9.10. The van der Waals surface area contributed by atoms with Crippen LogP contribution in [0.15, 0.2) is 40.9 Å². The minimum absolute atomic E-state index is 0.680. The normalized spacial score (nSPS) is 11.2. The van der Waals surface area contributed by atoms with Gasteiger partial charge in [0.15, 0.2) is 0 Å². The molecule has 2 aromatic rings. The van der Waals surface area contributed by atoms with Crippen LogP contribution in [0.2, 0.25) is 0 Å². The third-order valence-electron chi connectivity index (χ3n) is 2.87. The smallest absolute Gasteiger partial charge is 0.120 e. The fraction of sp³-hybridized carbons (Fsp3) is 0.375. The molecule has 2 aromatic carbocycles. The highest BCUT2D eigenvalue weighted by Gasteiger charge is 1.99. The van der Waals surface area contributed by atoms with E-state index in [0.717, 1.165) is 23.3 Å². The van der Waals surface area contributed by atoms with Crippen molar-refractivity contribution in [3.63, 3.8) is 0 Å². The predicted molar refractivity (Wildman–Crippen MR) is 84.9 cm³/mol. The van der Waals surface area contributed by atoms with Gasteiger partial charge in [0.05, 0.1) is 0 Å². The molecule has 102 valence electrons. The number of hydrogen-bond donors (Lipinski definition) is 1. The van der Waals surface area contributed by atoms with E-state index in [9.17, 15) is 0 Å². The van der Waals surface area contributed by atoms with Gasteiger partial charge in [-0.15, -0.1) is 0 Å². The predicted octanol–water partition coefficient (Wildman–Crippen LogP) is 4.23. The fourth-order valence-electron chi connectivity index (χ4n) is 1.92. The van der Waals surface area contributed by atoms with E-state index in [1.165, 1.54) is 10.8 Å². The molecule has 0 fully saturated rings. The second-order valence-electron chi connectivity index (χ2n) is 5.10. The van der Waals surface area contributed by atoms with Crippen molar-refractivity contribution < 1.29 is 4.74 Å². The molecule has 0 aromatic heterocycles. The van der Waals surface area contributed by atoms with Crippen LogP contribution in [0.3, 0.4) is 0 Å². The van der Waals surface area contributed by atoms with Crippen molar-refractivity contribution >= 4 is 26.7 Å². The molecule has 0 aliphatic heterocycles. The molecule has 0 unspecified atom stereocenters. The van der Waals surface area contributed by atoms with Crippen molar-refractivity contribution in [2.24, 2.45) is 5.92 Å². The number of fused-ring (bicyclic) bond motifs is 1. The molecule has 0 bridgehead atoms. The zero-order valence-electron chi connectivity index (χ0n) is 11.4. The van der Waals surface area contributed by atoms with Gasteiger partial charge >= 0.3 is 0 Å². The molecular formula is C16H20BrNO. The Morgan fingerprint density at radius 2 is 1.84 bits per heavy atom. The highest BCUT2D eigenvalue weighted by Crippen LogP contribution is 2.23. The maximum atomic E-state index is 5.75. The van der Waals surface area contributed by atoms with Crippen LogP contribution in [-0.4, -0.2) is 19.7 Å². The Bertz CT molecular complexity index is 539. The second-order valence-corrected chi connectivity index (χ2v) is 6.02. The van der Waals surface area contributed by atoms with E-state index < -0.39 is 0 Å². The molecule has 0 heterocycles. The Balaban J connectivity index is 1.89. The van der Waals surface area contributed by atoms with Crippen molar-refractivity contribution in [2.75, 3.05) is 19.7 Å². The van der Waals surface area contributed by atoms with E-state index >= 15 is 0 Å². The van der Waals surface area contributed by atoms with Gasteiger partial charge in [-0.25, -0.2) is 0 Å². The molecule has 3 heteroatoms. The van der Waals surface area contributed by atoms with Crippen molar-refractivity contribution in [1.82, 2.24) is 5.32 Å². The summed E-state index contributed by atoms with van der Waals surface area (Å²) in [7, 11) is 0. The molecule has 2 rings (SSSR count). The summed E-state index contributed by atoms with van der Waals surface area (Å²) in [6.07, 6.45) is 0. The second kappa shape index (κ2) is 6.92. The number of nitrogens with one attached hydrogen (secondary N) is 1. The fourth-order valence-corrected chi connectivity index (χ4v) is 2.30. The van der Waals surface area contributed by atoms with Crippen LogP contribution in [0.25, 0.3) is 10.8 Å². The zero-order chi connectivity index (χ0) is 13.7. The van der Waals surface area contributed by atoms with Crippen molar-refractivity contribution in [3.05, 3.63) is 40.9 Å². The summed E-state index contributed by atoms with van der Waals surface area (Å²) in [4.78, 5) is 0. The molecule has 0 atom stereocenters. The van der Waals surface area contributed by atoms with Gasteiger partial charge in [0.25, 0.3) is 0 Å². The molecule has 0 radical (unpaired) electrons. The Labute approximate surface area is 123 Å². The maximum absolute atomic E-state index is 5.75. The molecule has 19 heavy (non-hydrogen) atoms. The van der Waals surface area contributed by atoms with Crippen LogP contribution in [0.4, 0.5) is 0 Å². The van der Waals surface area contributed by atoms with Crippen molar-refractivity contribution in [1.29, 1.82) is 0 Å². The quantitative estimate of drug-likeness (QED) is 0.804. The first-order valence-electron chi connectivity index (χ1n) is 6.68. The summed E-state index contributed by atoms with van der Waals surface area (Å²) in [6, 6.07) is 12.5. The van der Waals surface area contributed by atoms with E-state index in [2.05, 4.69) is 65.4 Å². The largest absolute Gasteiger partial charge is 0.492 e. The van der Waals surface area contributed by atoms with Crippen LogP contribution in [0.5, 0.6) is 5.75 Å². The minimum Gasteiger partial charge on any atom is -0.492 e.